The molecule has 0 spiro atoms. The zero-order valence-electron chi connectivity index (χ0n) is 18.0. The second-order valence-corrected chi connectivity index (χ2v) is 7.81. The van der Waals surface area contributed by atoms with Crippen LogP contribution in [0.1, 0.15) is 37.6 Å². The van der Waals surface area contributed by atoms with Crippen LogP contribution in [-0.4, -0.2) is 25.8 Å². The van der Waals surface area contributed by atoms with Gasteiger partial charge >= 0.3 is 12.1 Å². The van der Waals surface area contributed by atoms with E-state index in [1.54, 1.807) is 0 Å². The van der Waals surface area contributed by atoms with Gasteiger partial charge in [0.15, 0.2) is 11.6 Å². The lowest BCUT2D eigenvalue weighted by molar-refractivity contribution is -0.137. The van der Waals surface area contributed by atoms with Crippen LogP contribution in [0.25, 0.3) is 22.5 Å². The molecule has 0 radical (unpaired) electrons. The smallest absolute Gasteiger partial charge is 0.416 e. The predicted molar refractivity (Wildman–Crippen MR) is 117 cm³/mol. The van der Waals surface area contributed by atoms with Crippen LogP contribution < -0.4 is 5.32 Å². The van der Waals surface area contributed by atoms with E-state index in [9.17, 15) is 23.1 Å². The number of carboxylic acid groups (broad SMARTS) is 1. The first kappa shape index (κ1) is 22.6. The molecule has 6 nitrogen and oxygen atoms in total. The molecule has 1 aliphatic rings. The van der Waals surface area contributed by atoms with Gasteiger partial charge in [0, 0.05) is 17.8 Å². The second kappa shape index (κ2) is 9.09. The Bertz CT molecular complexity index is 1180. The number of carbonyl (C=O) groups is 1. The average Bonchev–Trinajstić information content (AvgIpc) is 3.44. The van der Waals surface area contributed by atoms with Crippen molar-refractivity contribution in [3.8, 4) is 22.5 Å². The Morgan fingerprint density at radius 2 is 1.61 bits per heavy atom. The second-order valence-electron chi connectivity index (χ2n) is 7.81. The minimum Gasteiger partial charge on any atom is -0.478 e. The van der Waals surface area contributed by atoms with Crippen LogP contribution >= 0.6 is 0 Å². The SMILES string of the molecule is CCn1c(CNC2=C(C(=O)O)CCC2)nnc1-c1ccc(-c2ccc(C(F)(F)F)cc2)cc1. The lowest BCUT2D eigenvalue weighted by Gasteiger charge is -2.11. The quantitative estimate of drug-likeness (QED) is 0.507. The van der Waals surface area contributed by atoms with Gasteiger partial charge in [0.2, 0.25) is 0 Å². The summed E-state index contributed by atoms with van der Waals surface area (Å²) in [6.07, 6.45) is -2.27. The summed E-state index contributed by atoms with van der Waals surface area (Å²) >= 11 is 0. The van der Waals surface area contributed by atoms with Gasteiger partial charge in [-0.05, 0) is 49.4 Å². The largest absolute Gasteiger partial charge is 0.478 e. The molecule has 0 amide bonds. The molecule has 0 fully saturated rings. The molecule has 172 valence electrons. The van der Waals surface area contributed by atoms with Gasteiger partial charge in [0.25, 0.3) is 0 Å². The third-order valence-electron chi connectivity index (χ3n) is 5.77. The molecule has 1 aliphatic carbocycles. The standard InChI is InChI=1S/C24H23F3N4O2/c1-2-31-21(14-28-20-5-3-4-19(20)23(32)33)29-30-22(31)17-8-6-15(7-9-17)16-10-12-18(13-11-16)24(25,26)27/h6-13,28H,2-5,14H2,1H3,(H,32,33). The highest BCUT2D eigenvalue weighted by Gasteiger charge is 2.30. The van der Waals surface area contributed by atoms with E-state index in [0.29, 0.717) is 48.7 Å². The van der Waals surface area contributed by atoms with Gasteiger partial charge in [0.1, 0.15) is 0 Å². The van der Waals surface area contributed by atoms with Crippen LogP contribution in [0, 0.1) is 0 Å². The number of benzene rings is 2. The summed E-state index contributed by atoms with van der Waals surface area (Å²) < 4.78 is 40.3. The van der Waals surface area contributed by atoms with Gasteiger partial charge in [-0.25, -0.2) is 4.79 Å². The summed E-state index contributed by atoms with van der Waals surface area (Å²) in [5, 5.41) is 21.1. The molecule has 0 unspecified atom stereocenters. The average molecular weight is 456 g/mol. The summed E-state index contributed by atoms with van der Waals surface area (Å²) in [6.45, 7) is 2.98. The molecule has 0 bridgehead atoms. The molecule has 0 saturated carbocycles. The van der Waals surface area contributed by atoms with E-state index < -0.39 is 17.7 Å². The number of halogens is 3. The van der Waals surface area contributed by atoms with Crippen LogP contribution in [0.5, 0.6) is 0 Å². The van der Waals surface area contributed by atoms with Crippen LogP contribution in [0.3, 0.4) is 0 Å². The fourth-order valence-corrected chi connectivity index (χ4v) is 4.04. The minimum atomic E-state index is -4.36. The van der Waals surface area contributed by atoms with E-state index in [4.69, 9.17) is 0 Å². The van der Waals surface area contributed by atoms with Crippen LogP contribution in [0.15, 0.2) is 59.8 Å². The third-order valence-corrected chi connectivity index (χ3v) is 5.77. The highest BCUT2D eigenvalue weighted by atomic mass is 19.4. The fourth-order valence-electron chi connectivity index (χ4n) is 4.04. The Morgan fingerprint density at radius 3 is 2.18 bits per heavy atom. The number of nitrogens with zero attached hydrogens (tertiary/aromatic N) is 3. The Hall–Kier alpha value is -3.62. The summed E-state index contributed by atoms with van der Waals surface area (Å²) in [5.41, 5.74) is 2.82. The molecule has 33 heavy (non-hydrogen) atoms. The van der Waals surface area contributed by atoms with E-state index in [0.717, 1.165) is 35.4 Å². The van der Waals surface area contributed by atoms with Crippen molar-refractivity contribution in [2.45, 2.75) is 45.5 Å². The van der Waals surface area contributed by atoms with Gasteiger partial charge in [-0.1, -0.05) is 36.4 Å². The Labute approximate surface area is 188 Å². The maximum atomic E-state index is 12.8. The van der Waals surface area contributed by atoms with Crippen molar-refractivity contribution < 1.29 is 23.1 Å². The molecular weight excluding hydrogens is 433 g/mol. The van der Waals surface area contributed by atoms with Crippen molar-refractivity contribution in [1.82, 2.24) is 20.1 Å². The highest BCUT2D eigenvalue weighted by molar-refractivity contribution is 5.88. The normalized spacial score (nSPS) is 14.1. The van der Waals surface area contributed by atoms with Crippen molar-refractivity contribution in [1.29, 1.82) is 0 Å². The number of alkyl halides is 3. The molecule has 9 heteroatoms. The van der Waals surface area contributed by atoms with Gasteiger partial charge in [-0.2, -0.15) is 13.2 Å². The van der Waals surface area contributed by atoms with Gasteiger partial charge < -0.3 is 15.0 Å². The maximum absolute atomic E-state index is 12.8. The van der Waals surface area contributed by atoms with Crippen molar-refractivity contribution in [3.05, 3.63) is 71.2 Å². The molecular formula is C24H23F3N4O2. The summed E-state index contributed by atoms with van der Waals surface area (Å²) in [5.74, 6) is 0.483. The summed E-state index contributed by atoms with van der Waals surface area (Å²) in [7, 11) is 0. The molecule has 0 aliphatic heterocycles. The molecule has 2 N–H and O–H groups in total. The topological polar surface area (TPSA) is 80.0 Å². The first-order valence-corrected chi connectivity index (χ1v) is 10.7. The molecule has 0 atom stereocenters. The zero-order chi connectivity index (χ0) is 23.6. The molecule has 0 saturated heterocycles. The third kappa shape index (κ3) is 4.76. The molecule has 4 rings (SSSR count). The van der Waals surface area contributed by atoms with Gasteiger partial charge in [-0.15, -0.1) is 10.2 Å². The van der Waals surface area contributed by atoms with E-state index in [2.05, 4.69) is 15.5 Å². The summed E-state index contributed by atoms with van der Waals surface area (Å²) in [6, 6.07) is 12.5. The minimum absolute atomic E-state index is 0.372. The number of aliphatic carboxylic acids is 1. The van der Waals surface area contributed by atoms with Crippen molar-refractivity contribution in [3.63, 3.8) is 0 Å². The lowest BCUT2D eigenvalue weighted by Crippen LogP contribution is -2.18. The maximum Gasteiger partial charge on any atom is 0.416 e. The van der Waals surface area contributed by atoms with Gasteiger partial charge in [-0.3, -0.25) is 0 Å². The number of hydrogen-bond acceptors (Lipinski definition) is 4. The number of aromatic nitrogens is 3. The fraction of sp³-hybridized carbons (Fsp3) is 0.292. The van der Waals surface area contributed by atoms with E-state index in [1.165, 1.54) is 12.1 Å². The molecule has 1 heterocycles. The summed E-state index contributed by atoms with van der Waals surface area (Å²) in [4.78, 5) is 11.3. The van der Waals surface area contributed by atoms with Crippen molar-refractivity contribution >= 4 is 5.97 Å². The number of hydrogen-bond donors (Lipinski definition) is 2. The first-order chi connectivity index (χ1) is 15.8. The van der Waals surface area contributed by atoms with Gasteiger partial charge in [0.05, 0.1) is 17.7 Å². The Kier molecular flexibility index (Phi) is 6.22. The van der Waals surface area contributed by atoms with E-state index >= 15 is 0 Å². The number of allylic oxidation sites excluding steroid dienone is 1. The van der Waals surface area contributed by atoms with Crippen molar-refractivity contribution in [2.75, 3.05) is 0 Å². The van der Waals surface area contributed by atoms with E-state index in [-0.39, 0.29) is 0 Å². The van der Waals surface area contributed by atoms with Crippen LogP contribution in [0.2, 0.25) is 0 Å². The Balaban J connectivity index is 1.52. The lowest BCUT2D eigenvalue weighted by atomic mass is 10.0. The van der Waals surface area contributed by atoms with Crippen LogP contribution in [0.4, 0.5) is 13.2 Å². The monoisotopic (exact) mass is 456 g/mol. The van der Waals surface area contributed by atoms with E-state index in [1.807, 2.05) is 35.8 Å². The molecule has 2 aromatic carbocycles. The highest BCUT2D eigenvalue weighted by Crippen LogP contribution is 2.31. The number of carboxylic acids is 1. The predicted octanol–water partition coefficient (Wildman–Crippen LogP) is 5.26. The molecule has 1 aromatic heterocycles. The number of nitrogens with one attached hydrogen (secondary N) is 1. The molecule has 3 aromatic rings. The first-order valence-electron chi connectivity index (χ1n) is 10.7. The van der Waals surface area contributed by atoms with Crippen LogP contribution in [-0.2, 0) is 24.1 Å². The Morgan fingerprint density at radius 1 is 1.00 bits per heavy atom. The number of rotatable bonds is 7. The van der Waals surface area contributed by atoms with Crippen molar-refractivity contribution in [2.24, 2.45) is 0 Å². The zero-order valence-corrected chi connectivity index (χ0v) is 18.0.